The molecule has 1 aromatic rings. The Hall–Kier alpha value is -1.29. The van der Waals surface area contributed by atoms with Gasteiger partial charge in [-0.05, 0) is 24.0 Å². The summed E-state index contributed by atoms with van der Waals surface area (Å²) in [6.07, 6.45) is 0.499. The number of benzene rings is 1. The maximum atomic E-state index is 11.0. The molecule has 1 amide bonds. The number of hydrogen-bond acceptors (Lipinski definition) is 2. The topological polar surface area (TPSA) is 55.1 Å². The number of amides is 1. The number of nitrogens with two attached hydrogens (primary N) is 1. The van der Waals surface area contributed by atoms with Crippen LogP contribution in [0.3, 0.4) is 0 Å². The van der Waals surface area contributed by atoms with Gasteiger partial charge in [0.25, 0.3) is 0 Å². The van der Waals surface area contributed by atoms with E-state index in [2.05, 4.69) is 5.32 Å². The van der Waals surface area contributed by atoms with Gasteiger partial charge < -0.3 is 11.1 Å². The fraction of sp³-hybridized carbons (Fsp3) is 0.222. The highest BCUT2D eigenvalue weighted by Gasteiger charge is 1.97. The van der Waals surface area contributed by atoms with Crippen molar-refractivity contribution >= 4 is 19.4 Å². The van der Waals surface area contributed by atoms with Gasteiger partial charge in [-0.2, -0.15) is 0 Å². The van der Waals surface area contributed by atoms with Crippen molar-refractivity contribution < 1.29 is 4.79 Å². The monoisotopic (exact) mass is 176 g/mol. The fourth-order valence-corrected chi connectivity index (χ4v) is 0.974. The van der Waals surface area contributed by atoms with E-state index < -0.39 is 0 Å². The summed E-state index contributed by atoms with van der Waals surface area (Å²) in [5.74, 6) is 0.0282. The van der Waals surface area contributed by atoms with Gasteiger partial charge in [0.05, 0.1) is 0 Å². The molecule has 0 aliphatic carbocycles. The van der Waals surface area contributed by atoms with E-state index >= 15 is 0 Å². The molecule has 0 atom stereocenters. The molecule has 0 fully saturated rings. The second kappa shape index (κ2) is 4.67. The van der Waals surface area contributed by atoms with Crippen LogP contribution < -0.4 is 11.1 Å². The number of hydrogen-bond donors (Lipinski definition) is 2. The highest BCUT2D eigenvalue weighted by molar-refractivity contribution is 6.22. The van der Waals surface area contributed by atoms with Gasteiger partial charge in [0.1, 0.15) is 7.85 Å². The minimum atomic E-state index is 0.0282. The number of carbonyl (C=O) groups is 1. The second-order valence-corrected chi connectivity index (χ2v) is 2.80. The van der Waals surface area contributed by atoms with Crippen LogP contribution in [0.5, 0.6) is 0 Å². The van der Waals surface area contributed by atoms with Gasteiger partial charge in [-0.15, -0.1) is 0 Å². The van der Waals surface area contributed by atoms with Gasteiger partial charge in [0, 0.05) is 12.2 Å². The van der Waals surface area contributed by atoms with E-state index in [0.29, 0.717) is 12.9 Å². The maximum Gasteiger partial charge on any atom is 0.216 e. The summed E-state index contributed by atoms with van der Waals surface area (Å²) in [4.78, 5) is 11.0. The third kappa shape index (κ3) is 2.91. The first-order valence-electron chi connectivity index (χ1n) is 4.35. The Bertz CT molecular complexity index is 284. The molecular formula is C9H13BN2O. The van der Waals surface area contributed by atoms with E-state index in [1.165, 1.54) is 0 Å². The van der Waals surface area contributed by atoms with Crippen LogP contribution in [0, 0.1) is 0 Å². The lowest BCUT2D eigenvalue weighted by Crippen LogP contribution is -2.10. The first-order chi connectivity index (χ1) is 6.26. The van der Waals surface area contributed by atoms with Gasteiger partial charge in [-0.25, -0.2) is 0 Å². The van der Waals surface area contributed by atoms with Crippen molar-refractivity contribution in [2.24, 2.45) is 5.73 Å². The molecule has 0 saturated heterocycles. The molecule has 0 unspecified atom stereocenters. The summed E-state index contributed by atoms with van der Waals surface area (Å²) < 4.78 is 0. The summed E-state index contributed by atoms with van der Waals surface area (Å²) in [6, 6.07) is 7.53. The molecular weight excluding hydrogens is 163 g/mol. The molecule has 13 heavy (non-hydrogen) atoms. The average Bonchev–Trinajstić information content (AvgIpc) is 2.19. The zero-order chi connectivity index (χ0) is 9.68. The maximum absolute atomic E-state index is 11.0. The van der Waals surface area contributed by atoms with Gasteiger partial charge in [0.15, 0.2) is 0 Å². The van der Waals surface area contributed by atoms with E-state index in [-0.39, 0.29) is 5.91 Å². The summed E-state index contributed by atoms with van der Waals surface area (Å²) in [5, 5.41) is 2.76. The molecule has 0 radical (unpaired) electrons. The van der Waals surface area contributed by atoms with Crippen LogP contribution in [0.2, 0.25) is 6.32 Å². The van der Waals surface area contributed by atoms with Gasteiger partial charge in [-0.3, -0.25) is 4.79 Å². The molecule has 0 aliphatic rings. The molecule has 0 heterocycles. The zero-order valence-electron chi connectivity index (χ0n) is 7.71. The van der Waals surface area contributed by atoms with Crippen LogP contribution in [-0.2, 0) is 11.3 Å². The Morgan fingerprint density at radius 1 is 1.38 bits per heavy atom. The molecule has 1 aromatic carbocycles. The molecule has 0 saturated carbocycles. The highest BCUT2D eigenvalue weighted by Crippen LogP contribution is 2.08. The smallest absolute Gasteiger partial charge is 0.216 e. The van der Waals surface area contributed by atoms with E-state index in [4.69, 9.17) is 5.73 Å². The number of anilines is 1. The van der Waals surface area contributed by atoms with Crippen molar-refractivity contribution in [2.75, 3.05) is 5.32 Å². The van der Waals surface area contributed by atoms with Crippen molar-refractivity contribution in [3.8, 4) is 0 Å². The molecule has 0 aliphatic heterocycles. The molecule has 1 rings (SSSR count). The van der Waals surface area contributed by atoms with Crippen LogP contribution in [0.15, 0.2) is 24.3 Å². The molecule has 4 heteroatoms. The molecule has 3 N–H and O–H groups in total. The second-order valence-electron chi connectivity index (χ2n) is 2.80. The minimum absolute atomic E-state index is 0.0282. The number of rotatable bonds is 3. The van der Waals surface area contributed by atoms with Crippen molar-refractivity contribution in [2.45, 2.75) is 12.9 Å². The van der Waals surface area contributed by atoms with Crippen LogP contribution in [0.4, 0.5) is 5.69 Å². The quantitative estimate of drug-likeness (QED) is 0.643. The Labute approximate surface area is 78.7 Å². The van der Waals surface area contributed by atoms with E-state index in [9.17, 15) is 4.79 Å². The number of nitrogens with one attached hydrogen (secondary N) is 1. The normalized spacial score (nSPS) is 9.62. The van der Waals surface area contributed by atoms with Gasteiger partial charge in [-0.1, -0.05) is 12.1 Å². The Morgan fingerprint density at radius 3 is 2.46 bits per heavy atom. The Balaban J connectivity index is 2.64. The van der Waals surface area contributed by atoms with Crippen molar-refractivity contribution in [1.82, 2.24) is 0 Å². The lowest BCUT2D eigenvalue weighted by atomic mass is 10.0. The van der Waals surface area contributed by atoms with E-state index in [0.717, 1.165) is 11.3 Å². The molecule has 3 nitrogen and oxygen atoms in total. The van der Waals surface area contributed by atoms with E-state index in [1.54, 1.807) is 0 Å². The minimum Gasteiger partial charge on any atom is -0.327 e. The molecule has 0 aromatic heterocycles. The first kappa shape index (κ1) is 9.80. The molecule has 0 spiro atoms. The molecule has 0 bridgehead atoms. The van der Waals surface area contributed by atoms with E-state index in [1.807, 2.05) is 32.1 Å². The summed E-state index contributed by atoms with van der Waals surface area (Å²) in [5.41, 5.74) is 7.33. The van der Waals surface area contributed by atoms with Gasteiger partial charge in [0.2, 0.25) is 5.91 Å². The Kier molecular flexibility index (Phi) is 3.52. The largest absolute Gasteiger partial charge is 0.327 e. The summed E-state index contributed by atoms with van der Waals surface area (Å²) in [6.45, 7) is 0.530. The first-order valence-corrected chi connectivity index (χ1v) is 4.35. The zero-order valence-corrected chi connectivity index (χ0v) is 7.71. The number of carbonyl (C=O) groups excluding carboxylic acids is 1. The van der Waals surface area contributed by atoms with Crippen molar-refractivity contribution in [1.29, 1.82) is 0 Å². The fourth-order valence-electron chi connectivity index (χ4n) is 0.974. The van der Waals surface area contributed by atoms with Crippen molar-refractivity contribution in [3.63, 3.8) is 0 Å². The van der Waals surface area contributed by atoms with Gasteiger partial charge >= 0.3 is 0 Å². The summed E-state index contributed by atoms with van der Waals surface area (Å²) >= 11 is 0. The van der Waals surface area contributed by atoms with Crippen LogP contribution in [0.1, 0.15) is 5.56 Å². The van der Waals surface area contributed by atoms with Crippen LogP contribution in [0.25, 0.3) is 0 Å². The van der Waals surface area contributed by atoms with Crippen LogP contribution >= 0.6 is 0 Å². The third-order valence-electron chi connectivity index (χ3n) is 1.79. The predicted molar refractivity (Wildman–Crippen MR) is 56.3 cm³/mol. The Morgan fingerprint density at radius 2 is 2.00 bits per heavy atom. The van der Waals surface area contributed by atoms with Crippen molar-refractivity contribution in [3.05, 3.63) is 29.8 Å². The summed E-state index contributed by atoms with van der Waals surface area (Å²) in [7, 11) is 1.82. The third-order valence-corrected chi connectivity index (χ3v) is 1.79. The lowest BCUT2D eigenvalue weighted by molar-refractivity contribution is -0.114. The predicted octanol–water partition coefficient (Wildman–Crippen LogP) is 0.135. The standard InChI is InChI=1S/C9H13BN2O/c10-5-9(13)12-8-3-1-7(6-11)2-4-8/h1-4H,5-6,10-11H2,(H,12,13). The molecule has 68 valence electrons. The van der Waals surface area contributed by atoms with Crippen LogP contribution in [-0.4, -0.2) is 13.8 Å². The lowest BCUT2D eigenvalue weighted by Gasteiger charge is -2.03. The SMILES string of the molecule is BCC(=O)Nc1ccc(CN)cc1. The highest BCUT2D eigenvalue weighted by atomic mass is 16.1. The average molecular weight is 176 g/mol.